The summed E-state index contributed by atoms with van der Waals surface area (Å²) < 4.78 is 5.31. The normalized spacial score (nSPS) is 36.5. The van der Waals surface area contributed by atoms with Crippen LogP contribution in [0.1, 0.15) is 42.5 Å². The van der Waals surface area contributed by atoms with Gasteiger partial charge in [0, 0.05) is 6.04 Å². The van der Waals surface area contributed by atoms with Gasteiger partial charge in [-0.1, -0.05) is 12.1 Å². The SMILES string of the molecule is COc1ccccc1C(=O)NC1C2CC3CC(C2)CC1C3. The lowest BCUT2D eigenvalue weighted by molar-refractivity contribution is -0.0119. The summed E-state index contributed by atoms with van der Waals surface area (Å²) in [6.07, 6.45) is 6.74. The lowest BCUT2D eigenvalue weighted by Crippen LogP contribution is -2.55. The molecule has 4 aliphatic carbocycles. The molecule has 1 N–H and O–H groups in total. The Morgan fingerprint density at radius 3 is 2.29 bits per heavy atom. The van der Waals surface area contributed by atoms with Crippen LogP contribution >= 0.6 is 0 Å². The highest BCUT2D eigenvalue weighted by molar-refractivity contribution is 5.97. The average Bonchev–Trinajstić information content (AvgIpc) is 2.50. The van der Waals surface area contributed by atoms with Crippen molar-refractivity contribution in [3.05, 3.63) is 29.8 Å². The fourth-order valence-electron chi connectivity index (χ4n) is 5.22. The Morgan fingerprint density at radius 2 is 1.67 bits per heavy atom. The molecule has 1 aromatic rings. The molecule has 1 aromatic carbocycles. The summed E-state index contributed by atoms with van der Waals surface area (Å²) >= 11 is 0. The molecule has 4 fully saturated rings. The van der Waals surface area contributed by atoms with Gasteiger partial charge in [0.1, 0.15) is 5.75 Å². The van der Waals surface area contributed by atoms with Crippen LogP contribution in [0.4, 0.5) is 0 Å². The molecule has 4 saturated carbocycles. The Morgan fingerprint density at radius 1 is 1.05 bits per heavy atom. The van der Waals surface area contributed by atoms with E-state index in [1.54, 1.807) is 7.11 Å². The number of benzene rings is 1. The summed E-state index contributed by atoms with van der Waals surface area (Å²) in [5.41, 5.74) is 0.661. The van der Waals surface area contributed by atoms with Crippen LogP contribution in [0.2, 0.25) is 0 Å². The molecule has 3 nitrogen and oxygen atoms in total. The van der Waals surface area contributed by atoms with Gasteiger partial charge in [0.15, 0.2) is 0 Å². The van der Waals surface area contributed by atoms with Gasteiger partial charge < -0.3 is 10.1 Å². The molecule has 0 heterocycles. The zero-order valence-electron chi connectivity index (χ0n) is 12.5. The molecule has 5 rings (SSSR count). The van der Waals surface area contributed by atoms with Crippen molar-refractivity contribution in [1.29, 1.82) is 0 Å². The van der Waals surface area contributed by atoms with Crippen molar-refractivity contribution in [3.8, 4) is 5.75 Å². The maximum atomic E-state index is 12.6. The minimum absolute atomic E-state index is 0.0323. The average molecular weight is 285 g/mol. The van der Waals surface area contributed by atoms with E-state index in [1.807, 2.05) is 24.3 Å². The zero-order valence-corrected chi connectivity index (χ0v) is 12.5. The topological polar surface area (TPSA) is 38.3 Å². The van der Waals surface area contributed by atoms with Crippen LogP contribution in [-0.2, 0) is 0 Å². The quantitative estimate of drug-likeness (QED) is 0.926. The minimum atomic E-state index is 0.0323. The summed E-state index contributed by atoms with van der Waals surface area (Å²) in [5.74, 6) is 3.99. The second kappa shape index (κ2) is 5.04. The van der Waals surface area contributed by atoms with Gasteiger partial charge in [-0.15, -0.1) is 0 Å². The maximum Gasteiger partial charge on any atom is 0.255 e. The van der Waals surface area contributed by atoms with Crippen molar-refractivity contribution in [2.24, 2.45) is 23.7 Å². The molecule has 3 heteroatoms. The maximum absolute atomic E-state index is 12.6. The van der Waals surface area contributed by atoms with Crippen LogP contribution in [0.3, 0.4) is 0 Å². The molecule has 112 valence electrons. The Kier molecular flexibility index (Phi) is 3.16. The first kappa shape index (κ1) is 13.2. The number of hydrogen-bond acceptors (Lipinski definition) is 2. The number of nitrogens with one attached hydrogen (secondary N) is 1. The number of ether oxygens (including phenoxy) is 1. The van der Waals surface area contributed by atoms with E-state index in [0.717, 1.165) is 11.8 Å². The van der Waals surface area contributed by atoms with Crippen LogP contribution < -0.4 is 10.1 Å². The highest BCUT2D eigenvalue weighted by Crippen LogP contribution is 2.53. The largest absolute Gasteiger partial charge is 0.496 e. The molecule has 0 radical (unpaired) electrons. The number of rotatable bonds is 3. The van der Waals surface area contributed by atoms with E-state index in [9.17, 15) is 4.79 Å². The molecular formula is C18H23NO2. The number of methoxy groups -OCH3 is 1. The van der Waals surface area contributed by atoms with Crippen LogP contribution in [0.5, 0.6) is 5.75 Å². The van der Waals surface area contributed by atoms with Crippen molar-refractivity contribution in [2.45, 2.75) is 38.1 Å². The number of para-hydroxylation sites is 1. The van der Waals surface area contributed by atoms with Gasteiger partial charge in [0.05, 0.1) is 12.7 Å². The molecule has 0 spiro atoms. The predicted octanol–water partition coefficient (Wildman–Crippen LogP) is 3.25. The van der Waals surface area contributed by atoms with Crippen LogP contribution in [0.15, 0.2) is 24.3 Å². The number of carbonyl (C=O) groups is 1. The van der Waals surface area contributed by atoms with E-state index in [1.165, 1.54) is 32.1 Å². The molecule has 4 aliphatic rings. The molecule has 1 amide bonds. The second-order valence-electron chi connectivity index (χ2n) is 7.13. The zero-order chi connectivity index (χ0) is 14.4. The van der Waals surface area contributed by atoms with Crippen molar-refractivity contribution in [3.63, 3.8) is 0 Å². The third-order valence-corrected chi connectivity index (χ3v) is 5.88. The van der Waals surface area contributed by atoms with E-state index < -0.39 is 0 Å². The second-order valence-corrected chi connectivity index (χ2v) is 7.13. The Bertz CT molecular complexity index is 526. The minimum Gasteiger partial charge on any atom is -0.496 e. The third kappa shape index (κ3) is 2.23. The first-order valence-corrected chi connectivity index (χ1v) is 8.18. The number of amides is 1. The van der Waals surface area contributed by atoms with Gasteiger partial charge in [-0.25, -0.2) is 0 Å². The highest BCUT2D eigenvalue weighted by Gasteiger charge is 2.48. The first-order valence-electron chi connectivity index (χ1n) is 8.18. The Labute approximate surface area is 126 Å². The van der Waals surface area contributed by atoms with Gasteiger partial charge in [-0.2, -0.15) is 0 Å². The van der Waals surface area contributed by atoms with Crippen LogP contribution in [-0.4, -0.2) is 19.1 Å². The lowest BCUT2D eigenvalue weighted by Gasteiger charge is -2.54. The lowest BCUT2D eigenvalue weighted by atomic mass is 9.54. The van der Waals surface area contributed by atoms with Crippen LogP contribution in [0, 0.1) is 23.7 Å². The van der Waals surface area contributed by atoms with Crippen molar-refractivity contribution in [1.82, 2.24) is 5.32 Å². The molecule has 0 aliphatic heterocycles. The molecular weight excluding hydrogens is 262 g/mol. The van der Waals surface area contributed by atoms with E-state index in [2.05, 4.69) is 5.32 Å². The van der Waals surface area contributed by atoms with Crippen molar-refractivity contribution in [2.75, 3.05) is 7.11 Å². The van der Waals surface area contributed by atoms with E-state index >= 15 is 0 Å². The standard InChI is InChI=1S/C18H23NO2/c1-21-16-5-3-2-4-15(16)18(20)19-17-13-7-11-6-12(9-13)10-14(17)8-11/h2-5,11-14,17H,6-10H2,1H3,(H,19,20). The van der Waals surface area contributed by atoms with Gasteiger partial charge in [0.25, 0.3) is 5.91 Å². The van der Waals surface area contributed by atoms with Gasteiger partial charge in [-0.05, 0) is 67.9 Å². The number of hydrogen-bond donors (Lipinski definition) is 1. The molecule has 21 heavy (non-hydrogen) atoms. The fourth-order valence-corrected chi connectivity index (χ4v) is 5.22. The highest BCUT2D eigenvalue weighted by atomic mass is 16.5. The van der Waals surface area contributed by atoms with Crippen LogP contribution in [0.25, 0.3) is 0 Å². The smallest absolute Gasteiger partial charge is 0.255 e. The summed E-state index contributed by atoms with van der Waals surface area (Å²) in [4.78, 5) is 12.6. The van der Waals surface area contributed by atoms with E-state index in [0.29, 0.717) is 29.2 Å². The molecule has 0 atom stereocenters. The molecule has 0 saturated heterocycles. The van der Waals surface area contributed by atoms with Gasteiger partial charge in [0.2, 0.25) is 0 Å². The van der Waals surface area contributed by atoms with E-state index in [4.69, 9.17) is 4.74 Å². The predicted molar refractivity (Wildman–Crippen MR) is 81.3 cm³/mol. The third-order valence-electron chi connectivity index (χ3n) is 5.88. The monoisotopic (exact) mass is 285 g/mol. The summed E-state index contributed by atoms with van der Waals surface area (Å²) in [6.45, 7) is 0. The summed E-state index contributed by atoms with van der Waals surface area (Å²) in [7, 11) is 1.62. The van der Waals surface area contributed by atoms with Gasteiger partial charge in [-0.3, -0.25) is 4.79 Å². The summed E-state index contributed by atoms with van der Waals surface area (Å²) in [6, 6.07) is 7.89. The molecule has 0 unspecified atom stereocenters. The molecule has 4 bridgehead atoms. The van der Waals surface area contributed by atoms with Crippen molar-refractivity contribution < 1.29 is 9.53 Å². The Hall–Kier alpha value is -1.51. The van der Waals surface area contributed by atoms with Crippen molar-refractivity contribution >= 4 is 5.91 Å². The van der Waals surface area contributed by atoms with Gasteiger partial charge >= 0.3 is 0 Å². The number of carbonyl (C=O) groups excluding carboxylic acids is 1. The van der Waals surface area contributed by atoms with E-state index in [-0.39, 0.29) is 5.91 Å². The first-order chi connectivity index (χ1) is 10.2. The molecule has 0 aromatic heterocycles. The fraction of sp³-hybridized carbons (Fsp3) is 0.611. The Balaban J connectivity index is 1.52. The summed E-state index contributed by atoms with van der Waals surface area (Å²) in [5, 5.41) is 3.33.